The molecule has 0 aromatic heterocycles. The van der Waals surface area contributed by atoms with E-state index in [2.05, 4.69) is 0 Å². The van der Waals surface area contributed by atoms with Gasteiger partial charge in [-0.3, -0.25) is 4.79 Å². The van der Waals surface area contributed by atoms with Crippen molar-refractivity contribution in [2.24, 2.45) is 5.41 Å². The van der Waals surface area contributed by atoms with E-state index in [1.807, 2.05) is 0 Å². The summed E-state index contributed by atoms with van der Waals surface area (Å²) in [6.07, 6.45) is -4.66. The Kier molecular flexibility index (Phi) is 4.19. The van der Waals surface area contributed by atoms with Crippen LogP contribution in [0.3, 0.4) is 0 Å². The molecule has 1 rings (SSSR count). The summed E-state index contributed by atoms with van der Waals surface area (Å²) in [6, 6.07) is 3.25. The Morgan fingerprint density at radius 3 is 2.25 bits per heavy atom. The van der Waals surface area contributed by atoms with Crippen molar-refractivity contribution in [1.29, 1.82) is 0 Å². The smallest absolute Gasteiger partial charge is 0.416 e. The molecule has 112 valence electrons. The number of halogens is 3. The van der Waals surface area contributed by atoms with Crippen LogP contribution < -0.4 is 0 Å². The molecule has 0 aliphatic carbocycles. The Labute approximate surface area is 114 Å². The minimum Gasteiger partial charge on any atom is -0.481 e. The molecule has 0 unspecified atom stereocenters. The third-order valence-corrected chi connectivity index (χ3v) is 4.72. The number of hydrogen-bond acceptors (Lipinski definition) is 3. The number of carbonyl (C=O) groups is 1. The molecule has 0 fully saturated rings. The zero-order chi connectivity index (χ0) is 15.8. The van der Waals surface area contributed by atoms with Gasteiger partial charge in [0.15, 0.2) is 9.84 Å². The van der Waals surface area contributed by atoms with E-state index >= 15 is 0 Å². The summed E-state index contributed by atoms with van der Waals surface area (Å²) in [4.78, 5) is 10.4. The van der Waals surface area contributed by atoms with Crippen molar-refractivity contribution in [3.05, 3.63) is 29.8 Å². The molecule has 4 nitrogen and oxygen atoms in total. The van der Waals surface area contributed by atoms with Gasteiger partial charge in [0.1, 0.15) is 0 Å². The van der Waals surface area contributed by atoms with Crippen LogP contribution in [0.2, 0.25) is 0 Å². The number of carboxylic acid groups (broad SMARTS) is 1. The van der Waals surface area contributed by atoms with Crippen molar-refractivity contribution in [2.75, 3.05) is 5.75 Å². The fourth-order valence-corrected chi connectivity index (χ4v) is 3.32. The van der Waals surface area contributed by atoms with Crippen LogP contribution in [-0.4, -0.2) is 25.2 Å². The van der Waals surface area contributed by atoms with E-state index in [9.17, 15) is 26.4 Å². The molecular weight excluding hydrogens is 297 g/mol. The highest BCUT2D eigenvalue weighted by Gasteiger charge is 2.36. The summed E-state index contributed by atoms with van der Waals surface area (Å²) >= 11 is 0. The van der Waals surface area contributed by atoms with Gasteiger partial charge in [-0.25, -0.2) is 8.42 Å². The van der Waals surface area contributed by atoms with Gasteiger partial charge in [0.25, 0.3) is 0 Å². The van der Waals surface area contributed by atoms with Gasteiger partial charge in [0.2, 0.25) is 0 Å². The summed E-state index contributed by atoms with van der Waals surface area (Å²) < 4.78 is 61.6. The lowest BCUT2D eigenvalue weighted by Gasteiger charge is -2.19. The summed E-state index contributed by atoms with van der Waals surface area (Å²) in [5.41, 5.74) is -2.68. The molecule has 1 aromatic carbocycles. The van der Waals surface area contributed by atoms with Crippen LogP contribution in [0.5, 0.6) is 0 Å². The molecule has 0 radical (unpaired) electrons. The number of aliphatic carboxylic acids is 1. The van der Waals surface area contributed by atoms with Crippen LogP contribution in [0, 0.1) is 5.41 Å². The fraction of sp³-hybridized carbons (Fsp3) is 0.417. The Morgan fingerprint density at radius 1 is 1.25 bits per heavy atom. The highest BCUT2D eigenvalue weighted by molar-refractivity contribution is 7.91. The first-order valence-electron chi connectivity index (χ1n) is 5.50. The first-order valence-corrected chi connectivity index (χ1v) is 7.15. The first kappa shape index (κ1) is 16.5. The SMILES string of the molecule is CC(C)(CS(=O)(=O)c1cccc(C(F)(F)F)c1)C(=O)O. The molecular formula is C12H13F3O4S. The van der Waals surface area contributed by atoms with Gasteiger partial charge in [-0.1, -0.05) is 6.07 Å². The fourth-order valence-electron chi connectivity index (χ4n) is 1.49. The van der Waals surface area contributed by atoms with Crippen LogP contribution >= 0.6 is 0 Å². The molecule has 0 aliphatic rings. The molecule has 0 amide bonds. The normalized spacial score (nSPS) is 13.2. The van der Waals surface area contributed by atoms with Crippen molar-refractivity contribution < 1.29 is 31.5 Å². The monoisotopic (exact) mass is 310 g/mol. The van der Waals surface area contributed by atoms with Crippen molar-refractivity contribution in [2.45, 2.75) is 24.9 Å². The average molecular weight is 310 g/mol. The second-order valence-corrected chi connectivity index (χ2v) is 6.96. The Bertz CT molecular complexity index is 618. The number of hydrogen-bond donors (Lipinski definition) is 1. The van der Waals surface area contributed by atoms with E-state index < -0.39 is 43.6 Å². The number of sulfone groups is 1. The standard InChI is InChI=1S/C12H13F3O4S/c1-11(2,10(16)17)7-20(18,19)9-5-3-4-8(6-9)12(13,14)15/h3-6H,7H2,1-2H3,(H,16,17). The molecule has 0 heterocycles. The zero-order valence-electron chi connectivity index (χ0n) is 10.7. The summed E-state index contributed by atoms with van der Waals surface area (Å²) in [5, 5.41) is 8.89. The predicted molar refractivity (Wildman–Crippen MR) is 64.9 cm³/mol. The van der Waals surface area contributed by atoms with Gasteiger partial charge >= 0.3 is 12.1 Å². The van der Waals surface area contributed by atoms with Crippen LogP contribution in [0.1, 0.15) is 19.4 Å². The second kappa shape index (κ2) is 5.08. The average Bonchev–Trinajstić information content (AvgIpc) is 2.26. The zero-order valence-corrected chi connectivity index (χ0v) is 11.5. The first-order chi connectivity index (χ1) is 8.86. The maximum absolute atomic E-state index is 12.5. The maximum atomic E-state index is 12.5. The van der Waals surface area contributed by atoms with Crippen molar-refractivity contribution >= 4 is 15.8 Å². The third kappa shape index (κ3) is 3.72. The Morgan fingerprint density at radius 2 is 1.80 bits per heavy atom. The predicted octanol–water partition coefficient (Wildman–Crippen LogP) is 2.59. The molecule has 20 heavy (non-hydrogen) atoms. The Balaban J connectivity index is 3.21. The van der Waals surface area contributed by atoms with Gasteiger partial charge in [-0.15, -0.1) is 0 Å². The van der Waals surface area contributed by atoms with Crippen molar-refractivity contribution in [1.82, 2.24) is 0 Å². The van der Waals surface area contributed by atoms with Crippen LogP contribution in [0.25, 0.3) is 0 Å². The molecule has 0 saturated heterocycles. The number of benzene rings is 1. The Hall–Kier alpha value is -1.57. The summed E-state index contributed by atoms with van der Waals surface area (Å²) in [5.74, 6) is -2.12. The van der Waals surface area contributed by atoms with Crippen molar-refractivity contribution in [3.8, 4) is 0 Å². The largest absolute Gasteiger partial charge is 0.481 e. The van der Waals surface area contributed by atoms with Crippen LogP contribution in [-0.2, 0) is 20.8 Å². The summed E-state index contributed by atoms with van der Waals surface area (Å²) in [6.45, 7) is 2.39. The van der Waals surface area contributed by atoms with E-state index in [4.69, 9.17) is 5.11 Å². The van der Waals surface area contributed by atoms with Crippen molar-refractivity contribution in [3.63, 3.8) is 0 Å². The number of alkyl halides is 3. The second-order valence-electron chi connectivity index (χ2n) is 4.97. The molecule has 0 saturated carbocycles. The molecule has 8 heteroatoms. The molecule has 1 N–H and O–H groups in total. The van der Waals surface area contributed by atoms with Crippen LogP contribution in [0.4, 0.5) is 13.2 Å². The van der Waals surface area contributed by atoms with Gasteiger partial charge < -0.3 is 5.11 Å². The summed E-state index contributed by atoms with van der Waals surface area (Å²) in [7, 11) is -4.13. The number of rotatable bonds is 4. The molecule has 0 atom stereocenters. The van der Waals surface area contributed by atoms with E-state index in [-0.39, 0.29) is 0 Å². The third-order valence-electron chi connectivity index (χ3n) is 2.65. The lowest BCUT2D eigenvalue weighted by molar-refractivity contribution is -0.145. The van der Waals surface area contributed by atoms with E-state index in [1.54, 1.807) is 0 Å². The van der Waals surface area contributed by atoms with Crippen LogP contribution in [0.15, 0.2) is 29.2 Å². The lowest BCUT2D eigenvalue weighted by atomic mass is 9.97. The van der Waals surface area contributed by atoms with E-state index in [1.165, 1.54) is 13.8 Å². The number of carboxylic acids is 1. The van der Waals surface area contributed by atoms with Gasteiger partial charge in [0.05, 0.1) is 21.6 Å². The topological polar surface area (TPSA) is 71.4 Å². The highest BCUT2D eigenvalue weighted by atomic mass is 32.2. The molecule has 1 aromatic rings. The highest BCUT2D eigenvalue weighted by Crippen LogP contribution is 2.31. The molecule has 0 bridgehead atoms. The minimum atomic E-state index is -4.66. The lowest BCUT2D eigenvalue weighted by Crippen LogP contribution is -2.32. The molecule has 0 spiro atoms. The minimum absolute atomic E-state index is 0.507. The van der Waals surface area contributed by atoms with E-state index in [0.29, 0.717) is 6.07 Å². The quantitative estimate of drug-likeness (QED) is 0.928. The maximum Gasteiger partial charge on any atom is 0.416 e. The van der Waals surface area contributed by atoms with Gasteiger partial charge in [-0.2, -0.15) is 13.2 Å². The van der Waals surface area contributed by atoms with E-state index in [0.717, 1.165) is 18.2 Å². The van der Waals surface area contributed by atoms with Gasteiger partial charge in [-0.05, 0) is 32.0 Å². The van der Waals surface area contributed by atoms with Gasteiger partial charge in [0, 0.05) is 0 Å². The molecule has 0 aliphatic heterocycles.